The normalized spacial score (nSPS) is 11.9. The third kappa shape index (κ3) is 8.45. The molecule has 0 aliphatic rings. The summed E-state index contributed by atoms with van der Waals surface area (Å²) in [7, 11) is -4.24. The smallest absolute Gasteiger partial charge is 0.264 e. The fourth-order valence-electron chi connectivity index (χ4n) is 4.95. The minimum atomic E-state index is -4.24. The zero-order chi connectivity index (χ0) is 32.6. The Morgan fingerprint density at radius 3 is 2.13 bits per heavy atom. The molecular weight excluding hydrogens is 629 g/mol. The van der Waals surface area contributed by atoms with E-state index in [1.807, 2.05) is 44.2 Å². The van der Waals surface area contributed by atoms with Crippen molar-refractivity contribution >= 4 is 50.7 Å². The van der Waals surface area contributed by atoms with Crippen LogP contribution in [-0.4, -0.2) is 44.3 Å². The molecule has 7 nitrogen and oxygen atoms in total. The summed E-state index contributed by atoms with van der Waals surface area (Å²) in [6, 6.07) is 26.9. The van der Waals surface area contributed by atoms with E-state index in [1.165, 1.54) is 17.0 Å². The molecule has 0 bridgehead atoms. The number of anilines is 1. The molecule has 236 valence electrons. The van der Waals surface area contributed by atoms with Crippen molar-refractivity contribution < 1.29 is 18.0 Å². The van der Waals surface area contributed by atoms with Crippen molar-refractivity contribution in [1.82, 2.24) is 10.2 Å². The van der Waals surface area contributed by atoms with Gasteiger partial charge in [-0.3, -0.25) is 13.9 Å². The first-order chi connectivity index (χ1) is 21.5. The summed E-state index contributed by atoms with van der Waals surface area (Å²) in [4.78, 5) is 29.7. The van der Waals surface area contributed by atoms with Crippen molar-refractivity contribution in [3.05, 3.63) is 129 Å². The van der Waals surface area contributed by atoms with Gasteiger partial charge in [0.15, 0.2) is 0 Å². The molecule has 0 aliphatic carbocycles. The predicted octanol–water partition coefficient (Wildman–Crippen LogP) is 6.97. The van der Waals surface area contributed by atoms with Gasteiger partial charge in [-0.2, -0.15) is 0 Å². The summed E-state index contributed by atoms with van der Waals surface area (Å²) in [5.41, 5.74) is 3.14. The molecule has 0 saturated heterocycles. The largest absolute Gasteiger partial charge is 0.354 e. The number of carbonyl (C=O) groups is 2. The van der Waals surface area contributed by atoms with Crippen molar-refractivity contribution in [1.29, 1.82) is 0 Å². The number of sulfonamides is 1. The number of benzene rings is 4. The van der Waals surface area contributed by atoms with Gasteiger partial charge in [0.25, 0.3) is 10.0 Å². The molecule has 45 heavy (non-hydrogen) atoms. The highest BCUT2D eigenvalue weighted by molar-refractivity contribution is 7.92. The number of amides is 2. The van der Waals surface area contributed by atoms with Crippen LogP contribution >= 0.6 is 23.2 Å². The van der Waals surface area contributed by atoms with Gasteiger partial charge in [-0.05, 0) is 67.3 Å². The average Bonchev–Trinajstić information content (AvgIpc) is 3.03. The molecule has 10 heteroatoms. The first kappa shape index (κ1) is 34.0. The predicted molar refractivity (Wildman–Crippen MR) is 181 cm³/mol. The summed E-state index contributed by atoms with van der Waals surface area (Å²) in [6.07, 6.45) is 0.923. The number of nitrogens with one attached hydrogen (secondary N) is 1. The minimum absolute atomic E-state index is 0.0114. The fourth-order valence-corrected chi connectivity index (χ4v) is 6.78. The van der Waals surface area contributed by atoms with E-state index < -0.39 is 28.5 Å². The summed E-state index contributed by atoms with van der Waals surface area (Å²) in [5.74, 6) is -0.912. The van der Waals surface area contributed by atoms with Gasteiger partial charge in [-0.15, -0.1) is 0 Å². The first-order valence-electron chi connectivity index (χ1n) is 14.7. The average molecular weight is 667 g/mol. The molecular formula is C35H37Cl2N3O4S. The SMILES string of the molecule is CCCNC(=O)C(Cc1ccccc1)N(Cc1ccccc1Cl)C(=O)CN(c1cccc(Cl)c1C)S(=O)(=O)c1ccc(C)cc1. The van der Waals surface area contributed by atoms with E-state index in [1.54, 1.807) is 61.5 Å². The van der Waals surface area contributed by atoms with Gasteiger partial charge in [-0.25, -0.2) is 8.42 Å². The Bertz CT molecular complexity index is 1730. The van der Waals surface area contributed by atoms with E-state index in [0.29, 0.717) is 34.1 Å². The number of rotatable bonds is 13. The third-order valence-corrected chi connectivity index (χ3v) is 10.1. The monoisotopic (exact) mass is 665 g/mol. The Balaban J connectivity index is 1.83. The molecule has 4 aromatic rings. The van der Waals surface area contributed by atoms with Crippen molar-refractivity contribution in [2.45, 2.75) is 51.1 Å². The Morgan fingerprint density at radius 2 is 1.47 bits per heavy atom. The van der Waals surface area contributed by atoms with Crippen LogP contribution in [0.5, 0.6) is 0 Å². The lowest BCUT2D eigenvalue weighted by molar-refractivity contribution is -0.140. The number of hydrogen-bond acceptors (Lipinski definition) is 4. The zero-order valence-corrected chi connectivity index (χ0v) is 27.9. The molecule has 0 radical (unpaired) electrons. The highest BCUT2D eigenvalue weighted by Crippen LogP contribution is 2.32. The third-order valence-electron chi connectivity index (χ3n) is 7.51. The van der Waals surface area contributed by atoms with Gasteiger partial charge in [0, 0.05) is 29.6 Å². The van der Waals surface area contributed by atoms with E-state index >= 15 is 0 Å². The number of halogens is 2. The molecule has 1 unspecified atom stereocenters. The van der Waals surface area contributed by atoms with Crippen molar-refractivity contribution in [2.24, 2.45) is 0 Å². The molecule has 4 aromatic carbocycles. The van der Waals surface area contributed by atoms with Crippen LogP contribution in [0.25, 0.3) is 0 Å². The summed E-state index contributed by atoms with van der Waals surface area (Å²) in [6.45, 7) is 5.35. The van der Waals surface area contributed by atoms with Crippen LogP contribution in [0.4, 0.5) is 5.69 Å². The maximum Gasteiger partial charge on any atom is 0.264 e. The highest BCUT2D eigenvalue weighted by Gasteiger charge is 2.35. The summed E-state index contributed by atoms with van der Waals surface area (Å²) >= 11 is 13.0. The molecule has 0 fully saturated rings. The van der Waals surface area contributed by atoms with Crippen LogP contribution in [0.15, 0.2) is 102 Å². The van der Waals surface area contributed by atoms with Crippen LogP contribution in [-0.2, 0) is 32.6 Å². The van der Waals surface area contributed by atoms with E-state index in [-0.39, 0.29) is 29.5 Å². The number of aryl methyl sites for hydroxylation is 1. The second kappa shape index (κ2) is 15.4. The molecule has 0 spiro atoms. The van der Waals surface area contributed by atoms with E-state index in [4.69, 9.17) is 23.2 Å². The van der Waals surface area contributed by atoms with Crippen LogP contribution in [0, 0.1) is 13.8 Å². The lowest BCUT2D eigenvalue weighted by Gasteiger charge is -2.34. The Labute approximate surface area is 275 Å². The van der Waals surface area contributed by atoms with Gasteiger partial charge in [0.2, 0.25) is 11.8 Å². The second-order valence-corrected chi connectivity index (χ2v) is 13.5. The maximum atomic E-state index is 14.5. The highest BCUT2D eigenvalue weighted by atomic mass is 35.5. The lowest BCUT2D eigenvalue weighted by atomic mass is 10.0. The molecule has 0 heterocycles. The van der Waals surface area contributed by atoms with Crippen LogP contribution in [0.3, 0.4) is 0 Å². The molecule has 2 amide bonds. The minimum Gasteiger partial charge on any atom is -0.354 e. The number of carbonyl (C=O) groups excluding carboxylic acids is 2. The summed E-state index contributed by atoms with van der Waals surface area (Å²) < 4.78 is 29.5. The first-order valence-corrected chi connectivity index (χ1v) is 16.9. The molecule has 0 aromatic heterocycles. The Kier molecular flexibility index (Phi) is 11.7. The van der Waals surface area contributed by atoms with Crippen LogP contribution < -0.4 is 9.62 Å². The van der Waals surface area contributed by atoms with E-state index in [0.717, 1.165) is 15.4 Å². The van der Waals surface area contributed by atoms with Crippen LogP contribution in [0.1, 0.15) is 35.6 Å². The quantitative estimate of drug-likeness (QED) is 0.167. The van der Waals surface area contributed by atoms with Gasteiger partial charge in [-0.1, -0.05) is 102 Å². The van der Waals surface area contributed by atoms with Crippen molar-refractivity contribution in [3.63, 3.8) is 0 Å². The van der Waals surface area contributed by atoms with E-state index in [9.17, 15) is 18.0 Å². The molecule has 1 atom stereocenters. The van der Waals surface area contributed by atoms with Gasteiger partial charge >= 0.3 is 0 Å². The van der Waals surface area contributed by atoms with Gasteiger partial charge in [0.1, 0.15) is 12.6 Å². The molecule has 0 saturated carbocycles. The van der Waals surface area contributed by atoms with E-state index in [2.05, 4.69) is 5.32 Å². The van der Waals surface area contributed by atoms with Crippen LogP contribution in [0.2, 0.25) is 10.0 Å². The topological polar surface area (TPSA) is 86.8 Å². The summed E-state index contributed by atoms with van der Waals surface area (Å²) in [5, 5.41) is 3.72. The Morgan fingerprint density at radius 1 is 0.822 bits per heavy atom. The van der Waals surface area contributed by atoms with Crippen molar-refractivity contribution in [3.8, 4) is 0 Å². The Hall–Kier alpha value is -3.85. The van der Waals surface area contributed by atoms with Gasteiger partial charge < -0.3 is 10.2 Å². The second-order valence-electron chi connectivity index (χ2n) is 10.8. The molecule has 1 N–H and O–H groups in total. The fraction of sp³-hybridized carbons (Fsp3) is 0.257. The van der Waals surface area contributed by atoms with Crippen molar-refractivity contribution in [2.75, 3.05) is 17.4 Å². The molecule has 4 rings (SSSR count). The number of nitrogens with zero attached hydrogens (tertiary/aromatic N) is 2. The van der Waals surface area contributed by atoms with Gasteiger partial charge in [0.05, 0.1) is 10.6 Å². The molecule has 0 aliphatic heterocycles. The standard InChI is InChI=1S/C35H37Cl2N3O4S/c1-4-21-38-35(42)33(22-27-11-6-5-7-12-27)39(23-28-13-8-9-14-31(28)37)34(41)24-40(32-16-10-15-30(36)26(32)3)45(43,44)29-19-17-25(2)18-20-29/h5-20,33H,4,21-24H2,1-3H3,(H,38,42). The zero-order valence-electron chi connectivity index (χ0n) is 25.5. The maximum absolute atomic E-state index is 14.5. The number of hydrogen-bond donors (Lipinski definition) is 1. The lowest BCUT2D eigenvalue weighted by Crippen LogP contribution is -2.53.